The van der Waals surface area contributed by atoms with E-state index in [-0.39, 0.29) is 17.4 Å². The van der Waals surface area contributed by atoms with Gasteiger partial charge in [0.2, 0.25) is 11.0 Å². The summed E-state index contributed by atoms with van der Waals surface area (Å²) in [6.45, 7) is 0.693. The number of hydrogen-bond donors (Lipinski definition) is 1. The topological polar surface area (TPSA) is 101 Å². The summed E-state index contributed by atoms with van der Waals surface area (Å²) in [6, 6.07) is 18.9. The molecule has 0 spiro atoms. The number of amides is 2. The van der Waals surface area contributed by atoms with E-state index < -0.39 is 5.91 Å². The van der Waals surface area contributed by atoms with Gasteiger partial charge in [-0.05, 0) is 18.1 Å². The quantitative estimate of drug-likeness (QED) is 0.339. The molecule has 0 bridgehead atoms. The predicted molar refractivity (Wildman–Crippen MR) is 123 cm³/mol. The van der Waals surface area contributed by atoms with Crippen molar-refractivity contribution in [3.63, 3.8) is 0 Å². The number of carbonyl (C=O) groups excluding carboxylic acids is 2. The van der Waals surface area contributed by atoms with Gasteiger partial charge in [-0.2, -0.15) is 0 Å². The van der Waals surface area contributed by atoms with Crippen molar-refractivity contribution in [3.8, 4) is 11.3 Å². The number of fused-ring (bicyclic) bond motifs is 1. The van der Waals surface area contributed by atoms with Gasteiger partial charge in [0.15, 0.2) is 15.8 Å². The van der Waals surface area contributed by atoms with Gasteiger partial charge in [0.25, 0.3) is 5.91 Å². The number of rotatable bonds is 6. The van der Waals surface area contributed by atoms with Gasteiger partial charge in [0.05, 0.1) is 5.75 Å². The third-order valence-corrected chi connectivity index (χ3v) is 6.89. The van der Waals surface area contributed by atoms with Crippen LogP contribution in [-0.4, -0.2) is 39.5 Å². The Kier molecular flexibility index (Phi) is 5.70. The third kappa shape index (κ3) is 4.27. The van der Waals surface area contributed by atoms with E-state index >= 15 is 0 Å². The van der Waals surface area contributed by atoms with Crippen LogP contribution in [0.15, 0.2) is 69.5 Å². The number of hydrogen-bond acceptors (Lipinski definition) is 8. The van der Waals surface area contributed by atoms with Crippen LogP contribution in [-0.2, 0) is 11.2 Å². The zero-order valence-electron chi connectivity index (χ0n) is 16.7. The van der Waals surface area contributed by atoms with E-state index in [9.17, 15) is 9.59 Å². The van der Waals surface area contributed by atoms with Gasteiger partial charge in [-0.1, -0.05) is 76.8 Å². The van der Waals surface area contributed by atoms with Crippen LogP contribution in [0.2, 0.25) is 0 Å². The number of para-hydroxylation sites is 1. The molecule has 2 amide bonds. The molecule has 0 unspecified atom stereocenters. The van der Waals surface area contributed by atoms with E-state index in [2.05, 4.69) is 20.7 Å². The summed E-state index contributed by atoms with van der Waals surface area (Å²) in [7, 11) is 0. The van der Waals surface area contributed by atoms with Crippen LogP contribution >= 0.6 is 23.1 Å². The average Bonchev–Trinajstić information content (AvgIpc) is 3.57. The molecule has 2 aromatic heterocycles. The minimum absolute atomic E-state index is 0.0248. The second kappa shape index (κ2) is 8.93. The highest BCUT2D eigenvalue weighted by Gasteiger charge is 2.24. The summed E-state index contributed by atoms with van der Waals surface area (Å²) in [5.41, 5.74) is 3.15. The Hall–Kier alpha value is -3.50. The van der Waals surface area contributed by atoms with Crippen molar-refractivity contribution >= 4 is 45.7 Å². The second-order valence-corrected chi connectivity index (χ2v) is 9.18. The first kappa shape index (κ1) is 20.4. The Morgan fingerprint density at radius 3 is 2.78 bits per heavy atom. The Bertz CT molecular complexity index is 1270. The summed E-state index contributed by atoms with van der Waals surface area (Å²) in [4.78, 5) is 26.9. The molecule has 0 atom stereocenters. The first-order valence-electron chi connectivity index (χ1n) is 9.85. The van der Waals surface area contributed by atoms with Crippen LogP contribution in [0.4, 0.5) is 10.8 Å². The lowest BCUT2D eigenvalue weighted by molar-refractivity contribution is -0.116. The first-order chi connectivity index (χ1) is 15.7. The normalized spacial score (nSPS) is 12.6. The molecule has 1 aliphatic rings. The Balaban J connectivity index is 1.17. The second-order valence-electron chi connectivity index (χ2n) is 6.98. The molecule has 5 rings (SSSR count). The zero-order valence-corrected chi connectivity index (χ0v) is 18.4. The van der Waals surface area contributed by atoms with E-state index in [1.165, 1.54) is 28.7 Å². The van der Waals surface area contributed by atoms with Crippen molar-refractivity contribution in [2.45, 2.75) is 10.8 Å². The molecule has 2 aromatic carbocycles. The molecule has 0 saturated carbocycles. The van der Waals surface area contributed by atoms with Crippen molar-refractivity contribution in [2.24, 2.45) is 0 Å². The largest absolute Gasteiger partial charge is 0.355 e. The lowest BCUT2D eigenvalue weighted by Crippen LogP contribution is -2.30. The maximum Gasteiger partial charge on any atom is 0.279 e. The highest BCUT2D eigenvalue weighted by atomic mass is 32.2. The smallest absolute Gasteiger partial charge is 0.279 e. The van der Waals surface area contributed by atoms with Crippen LogP contribution in [0, 0.1) is 0 Å². The van der Waals surface area contributed by atoms with Crippen molar-refractivity contribution in [2.75, 3.05) is 22.5 Å². The fraction of sp³-hybridized carbons (Fsp3) is 0.136. The number of carbonyl (C=O) groups is 2. The number of nitrogens with one attached hydrogen (secondary N) is 1. The summed E-state index contributed by atoms with van der Waals surface area (Å²) in [6.07, 6.45) is 0.871. The minimum atomic E-state index is -0.437. The fourth-order valence-electron chi connectivity index (χ4n) is 3.40. The monoisotopic (exact) mass is 463 g/mol. The van der Waals surface area contributed by atoms with Crippen LogP contribution in [0.1, 0.15) is 16.1 Å². The maximum atomic E-state index is 12.6. The minimum Gasteiger partial charge on any atom is -0.355 e. The van der Waals surface area contributed by atoms with E-state index in [0.29, 0.717) is 21.8 Å². The van der Waals surface area contributed by atoms with E-state index in [1.54, 1.807) is 11.0 Å². The Morgan fingerprint density at radius 1 is 1.09 bits per heavy atom. The van der Waals surface area contributed by atoms with E-state index in [4.69, 9.17) is 4.52 Å². The van der Waals surface area contributed by atoms with Crippen LogP contribution < -0.4 is 10.2 Å². The Morgan fingerprint density at radius 2 is 1.91 bits per heavy atom. The molecule has 0 radical (unpaired) electrons. The molecule has 1 N–H and O–H groups in total. The predicted octanol–water partition coefficient (Wildman–Crippen LogP) is 4.13. The van der Waals surface area contributed by atoms with Gasteiger partial charge in [0, 0.05) is 23.9 Å². The van der Waals surface area contributed by atoms with Gasteiger partial charge in [-0.25, -0.2) is 0 Å². The molecule has 1 aliphatic heterocycles. The average molecular weight is 464 g/mol. The Labute approximate surface area is 191 Å². The molecule has 4 aromatic rings. The molecule has 8 nitrogen and oxygen atoms in total. The molecule has 0 saturated heterocycles. The lowest BCUT2D eigenvalue weighted by Gasteiger charge is -2.16. The number of thioether (sulfide) groups is 1. The van der Waals surface area contributed by atoms with Gasteiger partial charge in [-0.3, -0.25) is 14.9 Å². The molecular weight excluding hydrogens is 446 g/mol. The van der Waals surface area contributed by atoms with Crippen molar-refractivity contribution < 1.29 is 14.1 Å². The first-order valence-corrected chi connectivity index (χ1v) is 11.7. The van der Waals surface area contributed by atoms with Gasteiger partial charge >= 0.3 is 0 Å². The molecule has 0 fully saturated rings. The molecular formula is C22H17N5O3S2. The number of nitrogens with zero attached hydrogens (tertiary/aromatic N) is 4. The highest BCUT2D eigenvalue weighted by molar-refractivity contribution is 8.01. The van der Waals surface area contributed by atoms with Crippen molar-refractivity contribution in [1.82, 2.24) is 15.4 Å². The van der Waals surface area contributed by atoms with Crippen LogP contribution in [0.5, 0.6) is 0 Å². The molecule has 3 heterocycles. The summed E-state index contributed by atoms with van der Waals surface area (Å²) in [5, 5.41) is 14.9. The SMILES string of the molecule is O=C(Nc1nnc(SCC(=O)N2CCc3ccccc32)s1)c1cc(-c2ccccc2)on1. The van der Waals surface area contributed by atoms with Crippen LogP contribution in [0.3, 0.4) is 0 Å². The molecule has 10 heteroatoms. The van der Waals surface area contributed by atoms with Crippen LogP contribution in [0.25, 0.3) is 11.3 Å². The summed E-state index contributed by atoms with van der Waals surface area (Å²) >= 11 is 2.51. The number of aromatic nitrogens is 3. The molecule has 160 valence electrons. The van der Waals surface area contributed by atoms with Crippen molar-refractivity contribution in [1.29, 1.82) is 0 Å². The third-order valence-electron chi connectivity index (χ3n) is 4.94. The standard InChI is InChI=1S/C22H17N5O3S2/c28-19(27-11-10-14-6-4-5-9-17(14)27)13-31-22-25-24-21(32-22)23-20(29)16-12-18(30-26-16)15-7-2-1-3-8-15/h1-9,12H,10-11,13H2,(H,23,24,29). The van der Waals surface area contributed by atoms with Gasteiger partial charge in [0.1, 0.15) is 0 Å². The molecule has 32 heavy (non-hydrogen) atoms. The van der Waals surface area contributed by atoms with Crippen molar-refractivity contribution in [3.05, 3.63) is 71.9 Å². The number of benzene rings is 2. The summed E-state index contributed by atoms with van der Waals surface area (Å²) < 4.78 is 5.87. The highest BCUT2D eigenvalue weighted by Crippen LogP contribution is 2.30. The number of anilines is 2. The van der Waals surface area contributed by atoms with Gasteiger partial charge in [-0.15, -0.1) is 10.2 Å². The lowest BCUT2D eigenvalue weighted by atomic mass is 10.1. The maximum absolute atomic E-state index is 12.6. The zero-order chi connectivity index (χ0) is 21.9. The van der Waals surface area contributed by atoms with Gasteiger partial charge < -0.3 is 9.42 Å². The summed E-state index contributed by atoms with van der Waals surface area (Å²) in [5.74, 6) is 0.345. The fourth-order valence-corrected chi connectivity index (χ4v) is 5.02. The van der Waals surface area contributed by atoms with E-state index in [1.807, 2.05) is 54.6 Å². The molecule has 0 aliphatic carbocycles. The van der Waals surface area contributed by atoms with E-state index in [0.717, 1.165) is 17.7 Å².